The minimum absolute atomic E-state index is 0.0152. The highest BCUT2D eigenvalue weighted by Gasteiger charge is 2.52. The minimum Gasteiger partial charge on any atom is -0.396 e. The predicted molar refractivity (Wildman–Crippen MR) is 165 cm³/mol. The van der Waals surface area contributed by atoms with Gasteiger partial charge in [-0.1, -0.05) is 24.5 Å². The van der Waals surface area contributed by atoms with E-state index in [1.165, 1.54) is 23.5 Å². The summed E-state index contributed by atoms with van der Waals surface area (Å²) in [7, 11) is 0. The van der Waals surface area contributed by atoms with Crippen LogP contribution >= 0.6 is 38.1 Å². The average Bonchev–Trinajstić information content (AvgIpc) is 3.75. The first-order valence-electron chi connectivity index (χ1n) is 14.0. The molecular weight excluding hydrogens is 688 g/mol. The molecule has 0 unspecified atom stereocenters. The van der Waals surface area contributed by atoms with Crippen molar-refractivity contribution < 1.29 is 42.2 Å². The lowest BCUT2D eigenvalue weighted by molar-refractivity contribution is -0.0501. The number of nitrogens with one attached hydrogen (secondary N) is 1. The number of thiol groups is 2. The first-order valence-corrected chi connectivity index (χ1v) is 19.4. The van der Waals surface area contributed by atoms with Gasteiger partial charge < -0.3 is 34.8 Å². The van der Waals surface area contributed by atoms with E-state index in [4.69, 9.17) is 28.6 Å². The number of H-pyrrole nitrogens is 1. The van der Waals surface area contributed by atoms with E-state index in [0.717, 1.165) is 0 Å². The molecule has 4 aromatic rings. The second kappa shape index (κ2) is 11.9. The van der Waals surface area contributed by atoms with Crippen LogP contribution in [0.1, 0.15) is 24.5 Å². The lowest BCUT2D eigenvalue weighted by Crippen LogP contribution is -2.33. The van der Waals surface area contributed by atoms with Crippen molar-refractivity contribution >= 4 is 66.2 Å². The first-order chi connectivity index (χ1) is 21.9. The Morgan fingerprint density at radius 3 is 2.48 bits per heavy atom. The van der Waals surface area contributed by atoms with Gasteiger partial charge in [-0.05, 0) is 13.3 Å². The number of hydrogen-bond acceptors (Lipinski definition) is 16. The van der Waals surface area contributed by atoms with E-state index in [1.54, 1.807) is 11.5 Å². The fourth-order valence-electron chi connectivity index (χ4n) is 6.25. The molecule has 19 nitrogen and oxygen atoms in total. The average molecular weight is 718 g/mol. The summed E-state index contributed by atoms with van der Waals surface area (Å²) in [4.78, 5) is 36.0. The van der Waals surface area contributed by atoms with Gasteiger partial charge in [0.1, 0.15) is 36.0 Å². The molecule has 2 saturated heterocycles. The summed E-state index contributed by atoms with van der Waals surface area (Å²) in [6, 6.07) is -0.712. The summed E-state index contributed by atoms with van der Waals surface area (Å²) in [6.45, 7) is -8.15. The van der Waals surface area contributed by atoms with Crippen molar-refractivity contribution in [1.29, 1.82) is 0 Å². The van der Waals surface area contributed by atoms with Gasteiger partial charge in [0.25, 0.3) is 5.56 Å². The van der Waals surface area contributed by atoms with Crippen molar-refractivity contribution in [3.05, 3.63) is 35.2 Å². The molecular formula is C23H29N9O10P2S2. The van der Waals surface area contributed by atoms with Gasteiger partial charge in [-0.15, -0.1) is 0 Å². The van der Waals surface area contributed by atoms with E-state index >= 15 is 0 Å². The van der Waals surface area contributed by atoms with Gasteiger partial charge in [-0.2, -0.15) is 0 Å². The van der Waals surface area contributed by atoms with E-state index in [9.17, 15) is 24.1 Å². The fraction of sp³-hybridized carbons (Fsp3) is 0.565. The van der Waals surface area contributed by atoms with E-state index in [1.807, 2.05) is 0 Å². The van der Waals surface area contributed by atoms with Crippen LogP contribution in [0.15, 0.2) is 23.8 Å². The molecule has 10 atom stereocenters. The van der Waals surface area contributed by atoms with E-state index < -0.39 is 80.9 Å². The van der Waals surface area contributed by atoms with Crippen molar-refractivity contribution in [2.75, 3.05) is 25.6 Å². The zero-order valence-corrected chi connectivity index (χ0v) is 27.4. The van der Waals surface area contributed by atoms with Crippen molar-refractivity contribution in [1.82, 2.24) is 39.0 Å². The lowest BCUT2D eigenvalue weighted by Gasteiger charge is -2.28. The third-order valence-corrected chi connectivity index (χ3v) is 11.6. The molecule has 1 saturated carbocycles. The van der Waals surface area contributed by atoms with Crippen LogP contribution in [0, 0.1) is 18.8 Å². The number of rotatable bonds is 3. The Labute approximate surface area is 269 Å². The zero-order valence-electron chi connectivity index (χ0n) is 23.8. The molecule has 7 rings (SSSR count). The Bertz CT molecular complexity index is 1960. The molecule has 3 fully saturated rings. The number of aromatic amines is 1. The molecule has 0 radical (unpaired) electrons. The third-order valence-electron chi connectivity index (χ3n) is 8.38. The van der Waals surface area contributed by atoms with Crippen LogP contribution in [0.4, 0.5) is 5.82 Å². The number of nitrogens with two attached hydrogens (primary N) is 1. The number of hydrogen-bond donors (Lipinski definition) is 6. The van der Waals surface area contributed by atoms with Crippen molar-refractivity contribution in [3.8, 4) is 0 Å². The largest absolute Gasteiger partial charge is 0.396 e. The molecule has 2 bridgehead atoms. The summed E-state index contributed by atoms with van der Waals surface area (Å²) in [5, 5.41) is 21.8. The maximum absolute atomic E-state index is 13.7. The van der Waals surface area contributed by atoms with Crippen LogP contribution in [0.25, 0.3) is 22.3 Å². The summed E-state index contributed by atoms with van der Waals surface area (Å²) in [5.41, 5.74) is 6.29. The Morgan fingerprint density at radius 1 is 1.02 bits per heavy atom. The summed E-state index contributed by atoms with van der Waals surface area (Å²) in [5.74, 6) is -1.18. The topological polar surface area (TPSA) is 254 Å². The van der Waals surface area contributed by atoms with Gasteiger partial charge in [-0.25, -0.2) is 34.0 Å². The molecule has 6 heterocycles. The Balaban J connectivity index is 1.22. The number of nitrogens with zero attached hydrogens (tertiary/aromatic N) is 7. The number of anilines is 1. The van der Waals surface area contributed by atoms with E-state index in [2.05, 4.69) is 54.4 Å². The Hall–Kier alpha value is -2.42. The molecule has 2 aliphatic heterocycles. The Morgan fingerprint density at radius 2 is 1.72 bits per heavy atom. The maximum atomic E-state index is 13.7. The highest BCUT2D eigenvalue weighted by atomic mass is 32.7. The second-order valence-corrected chi connectivity index (χ2v) is 16.9. The van der Waals surface area contributed by atoms with Crippen LogP contribution in [-0.4, -0.2) is 93.5 Å². The number of fused-ring (bicyclic) bond motifs is 5. The SMILES string of the molecule is Cc1nc2c(ncn2[C@@H]2O[C@@H]3CO[P@@](=O)(S)O[C@@H]4[C@@H](CO[P@@](=O)(S)O[C@@H]2[C@@H]3CO)C[C@@H](n2cnc3c(N)ncnc32)[C@@H]4O)c(=O)[nH]1. The highest BCUT2D eigenvalue weighted by Crippen LogP contribution is 2.61. The van der Waals surface area contributed by atoms with Gasteiger partial charge in [-0.3, -0.25) is 22.9 Å². The normalized spacial score (nSPS) is 37.2. The van der Waals surface area contributed by atoms with Gasteiger partial charge in [0, 0.05) is 11.8 Å². The van der Waals surface area contributed by atoms with E-state index in [-0.39, 0.29) is 30.0 Å². The van der Waals surface area contributed by atoms with Crippen LogP contribution in [0.5, 0.6) is 0 Å². The molecule has 5 N–H and O–H groups in total. The van der Waals surface area contributed by atoms with Crippen LogP contribution < -0.4 is 11.3 Å². The van der Waals surface area contributed by atoms with Crippen LogP contribution in [0.2, 0.25) is 0 Å². The van der Waals surface area contributed by atoms with Gasteiger partial charge in [0.15, 0.2) is 28.9 Å². The molecule has 0 aromatic carbocycles. The molecule has 4 aromatic heterocycles. The fourth-order valence-corrected chi connectivity index (χ4v) is 9.31. The molecule has 46 heavy (non-hydrogen) atoms. The van der Waals surface area contributed by atoms with Gasteiger partial charge in [0.05, 0.1) is 44.6 Å². The number of imidazole rings is 2. The lowest BCUT2D eigenvalue weighted by atomic mass is 9.99. The maximum Gasteiger partial charge on any atom is 0.386 e. The zero-order chi connectivity index (χ0) is 32.5. The third kappa shape index (κ3) is 5.70. The molecule has 0 spiro atoms. The number of nitrogen functional groups attached to an aromatic ring is 1. The highest BCUT2D eigenvalue weighted by molar-refractivity contribution is 8.44. The van der Waals surface area contributed by atoms with E-state index in [0.29, 0.717) is 17.0 Å². The van der Waals surface area contributed by atoms with Gasteiger partial charge in [0.2, 0.25) is 0 Å². The molecule has 3 aliphatic rings. The Kier molecular flexibility index (Phi) is 8.33. The number of aliphatic hydroxyl groups excluding tert-OH is 2. The minimum atomic E-state index is -4.24. The predicted octanol–water partition coefficient (Wildman–Crippen LogP) is 1.17. The second-order valence-electron chi connectivity index (χ2n) is 11.2. The summed E-state index contributed by atoms with van der Waals surface area (Å²) in [6.07, 6.45) is -1.66. The molecule has 0 amide bonds. The molecule has 23 heteroatoms. The first kappa shape index (κ1) is 32.1. The number of ether oxygens (including phenoxy) is 1. The van der Waals surface area contributed by atoms with Crippen molar-refractivity contribution in [3.63, 3.8) is 0 Å². The standard InChI is InChI=1S/C23H29N9O10P2S2/c1-9-29-21-15(22(35)30-9)28-8-32(21)23-18-11(3-33)13(40-23)5-39-44(37,46)41-17-10(4-38-43(36,45)42-18)2-12(16(17)34)31-7-27-14-19(24)25-6-26-20(14)31/h6-8,10-13,16-18,23,33-34H,2-5H2,1H3,(H,36,45)(H,37,46)(H2,24,25,26)(H,29,30,35)/t10-,11-,12-,13-,16+,17-,18-,23-,43-,44-/m1/s1. The summed E-state index contributed by atoms with van der Waals surface area (Å²) < 4.78 is 59.6. The molecule has 248 valence electrons. The van der Waals surface area contributed by atoms with Crippen molar-refractivity contribution in [2.45, 2.75) is 50.0 Å². The molecule has 1 aliphatic carbocycles. The monoisotopic (exact) mass is 717 g/mol. The van der Waals surface area contributed by atoms with Crippen LogP contribution in [0.3, 0.4) is 0 Å². The number of aromatic nitrogens is 8. The number of aliphatic hydroxyl groups is 2. The van der Waals surface area contributed by atoms with Crippen LogP contribution in [-0.2, 0) is 32.0 Å². The van der Waals surface area contributed by atoms with Gasteiger partial charge >= 0.3 is 13.6 Å². The number of aryl methyl sites for hydroxylation is 1. The summed E-state index contributed by atoms with van der Waals surface area (Å²) >= 11 is 8.38. The van der Waals surface area contributed by atoms with Crippen molar-refractivity contribution in [2.24, 2.45) is 11.8 Å². The smallest absolute Gasteiger partial charge is 0.386 e. The quantitative estimate of drug-likeness (QED) is 0.128.